The average molecular weight is 363 g/mol. The first kappa shape index (κ1) is 16.9. The number of carbonyl (C=O) groups excluding carboxylic acids is 2. The molecule has 2 aromatic heterocycles. The molecular weight excluding hydrogens is 351 g/mol. The molecule has 1 atom stereocenters. The summed E-state index contributed by atoms with van der Waals surface area (Å²) in [6.07, 6.45) is 1.40. The predicted molar refractivity (Wildman–Crippen MR) is 87.7 cm³/mol. The van der Waals surface area contributed by atoms with Gasteiger partial charge in [-0.2, -0.15) is 0 Å². The first-order valence-corrected chi connectivity index (χ1v) is 7.55. The number of hydrogen-bond donors (Lipinski definition) is 1. The molecule has 0 bridgehead atoms. The summed E-state index contributed by atoms with van der Waals surface area (Å²) in [6, 6.07) is 6.96. The zero-order chi connectivity index (χ0) is 18.0. The normalized spacial score (nSPS) is 12.0. The lowest BCUT2D eigenvalue weighted by Gasteiger charge is -2.18. The van der Waals surface area contributed by atoms with E-state index >= 15 is 0 Å². The maximum absolute atomic E-state index is 14.2. The number of fused-ring (bicyclic) bond motifs is 1. The molecular formula is C17H12ClFN2O4. The molecule has 0 radical (unpaired) electrons. The number of benzene rings is 1. The number of rotatable bonds is 4. The molecule has 1 unspecified atom stereocenters. The van der Waals surface area contributed by atoms with Gasteiger partial charge in [-0.3, -0.25) is 0 Å². The number of nitrogens with zero attached hydrogens (tertiary/aromatic N) is 1. The number of halogens is 2. The van der Waals surface area contributed by atoms with Gasteiger partial charge in [-0.15, -0.1) is 0 Å². The Morgan fingerprint density at radius 2 is 2.08 bits per heavy atom. The van der Waals surface area contributed by atoms with E-state index in [0.717, 1.165) is 13.2 Å². The highest BCUT2D eigenvalue weighted by Crippen LogP contribution is 2.30. The number of esters is 2. The molecule has 0 fully saturated rings. The van der Waals surface area contributed by atoms with Gasteiger partial charge >= 0.3 is 11.9 Å². The van der Waals surface area contributed by atoms with Crippen molar-refractivity contribution in [1.29, 1.82) is 0 Å². The summed E-state index contributed by atoms with van der Waals surface area (Å²) in [4.78, 5) is 31.5. The second kappa shape index (κ2) is 6.90. The summed E-state index contributed by atoms with van der Waals surface area (Å²) in [6.45, 7) is 0. The number of H-pyrrole nitrogens is 1. The van der Waals surface area contributed by atoms with Crippen molar-refractivity contribution in [3.63, 3.8) is 0 Å². The van der Waals surface area contributed by atoms with Crippen molar-refractivity contribution in [2.75, 3.05) is 7.11 Å². The van der Waals surface area contributed by atoms with Gasteiger partial charge in [0.1, 0.15) is 11.5 Å². The van der Waals surface area contributed by atoms with Crippen LogP contribution < -0.4 is 0 Å². The van der Waals surface area contributed by atoms with E-state index in [1.807, 2.05) is 0 Å². The molecule has 0 spiro atoms. The fourth-order valence-corrected chi connectivity index (χ4v) is 2.66. The fourth-order valence-electron chi connectivity index (χ4n) is 2.40. The molecule has 1 aromatic carbocycles. The fraction of sp³-hybridized carbons (Fsp3) is 0.118. The number of nitrogens with one attached hydrogen (secondary N) is 1. The van der Waals surface area contributed by atoms with Crippen LogP contribution in [-0.2, 0) is 14.3 Å². The standard InChI is InChI=1S/C17H12ClFN2O4/c1-24-17(23)14(13-11(18)3-2-4-12(13)19)25-16(22)10-6-8-21-15-9(10)5-7-20-15/h2-8,14H,1H3,(H,20,21). The van der Waals surface area contributed by atoms with E-state index in [-0.39, 0.29) is 16.1 Å². The molecule has 0 saturated carbocycles. The SMILES string of the molecule is COC(=O)C(OC(=O)c1ccnc2[nH]ccc12)c1c(F)cccc1Cl. The Hall–Kier alpha value is -2.93. The molecule has 1 N–H and O–H groups in total. The third kappa shape index (κ3) is 3.18. The first-order valence-electron chi connectivity index (χ1n) is 7.17. The third-order valence-electron chi connectivity index (χ3n) is 3.58. The summed E-state index contributed by atoms with van der Waals surface area (Å²) in [5.74, 6) is -2.56. The van der Waals surface area contributed by atoms with Gasteiger partial charge in [0, 0.05) is 17.8 Å². The van der Waals surface area contributed by atoms with Crippen LogP contribution >= 0.6 is 11.6 Å². The quantitative estimate of drug-likeness (QED) is 0.719. The largest absolute Gasteiger partial charge is 0.466 e. The predicted octanol–water partition coefficient (Wildman–Crippen LogP) is 3.43. The van der Waals surface area contributed by atoms with Crippen LogP contribution in [0.15, 0.2) is 42.7 Å². The van der Waals surface area contributed by atoms with Gasteiger partial charge in [0.15, 0.2) is 0 Å². The molecule has 3 aromatic rings. The average Bonchev–Trinajstić information content (AvgIpc) is 3.08. The Balaban J connectivity index is 2.00. The summed E-state index contributed by atoms with van der Waals surface area (Å²) in [5.41, 5.74) is 0.393. The van der Waals surface area contributed by atoms with Crippen molar-refractivity contribution < 1.29 is 23.5 Å². The van der Waals surface area contributed by atoms with Gasteiger partial charge < -0.3 is 14.5 Å². The minimum absolute atomic E-state index is 0.0512. The topological polar surface area (TPSA) is 81.3 Å². The minimum atomic E-state index is -1.63. The van der Waals surface area contributed by atoms with Gasteiger partial charge in [-0.1, -0.05) is 17.7 Å². The van der Waals surface area contributed by atoms with Crippen LogP contribution in [0.3, 0.4) is 0 Å². The Morgan fingerprint density at radius 1 is 1.28 bits per heavy atom. The monoisotopic (exact) mass is 362 g/mol. The number of carbonyl (C=O) groups is 2. The number of methoxy groups -OCH3 is 1. The molecule has 25 heavy (non-hydrogen) atoms. The van der Waals surface area contributed by atoms with E-state index in [4.69, 9.17) is 16.3 Å². The molecule has 8 heteroatoms. The Morgan fingerprint density at radius 3 is 2.80 bits per heavy atom. The second-order valence-electron chi connectivity index (χ2n) is 5.04. The number of hydrogen-bond acceptors (Lipinski definition) is 5. The molecule has 3 rings (SSSR count). The van der Waals surface area contributed by atoms with Crippen LogP contribution in [-0.4, -0.2) is 29.0 Å². The Labute approximate surface area is 146 Å². The maximum atomic E-state index is 14.2. The smallest absolute Gasteiger partial charge is 0.352 e. The van der Waals surface area contributed by atoms with Crippen molar-refractivity contribution in [1.82, 2.24) is 9.97 Å². The zero-order valence-corrected chi connectivity index (χ0v) is 13.7. The second-order valence-corrected chi connectivity index (χ2v) is 5.45. The van der Waals surface area contributed by atoms with Crippen LogP contribution in [0.1, 0.15) is 22.0 Å². The van der Waals surface area contributed by atoms with E-state index in [1.54, 1.807) is 12.3 Å². The summed E-state index contributed by atoms with van der Waals surface area (Å²) >= 11 is 5.98. The van der Waals surface area contributed by atoms with Gasteiger partial charge in [0.2, 0.25) is 6.10 Å². The summed E-state index contributed by atoms with van der Waals surface area (Å²) < 4.78 is 24.0. The minimum Gasteiger partial charge on any atom is -0.466 e. The van der Waals surface area contributed by atoms with Crippen molar-refractivity contribution in [3.8, 4) is 0 Å². The van der Waals surface area contributed by atoms with Gasteiger partial charge in [0.25, 0.3) is 0 Å². The van der Waals surface area contributed by atoms with Crippen LogP contribution in [0.5, 0.6) is 0 Å². The van der Waals surface area contributed by atoms with E-state index in [1.165, 1.54) is 24.4 Å². The van der Waals surface area contributed by atoms with Crippen LogP contribution in [0.4, 0.5) is 4.39 Å². The van der Waals surface area contributed by atoms with Crippen molar-refractivity contribution >= 4 is 34.6 Å². The number of aromatic amines is 1. The molecule has 0 aliphatic carbocycles. The Bertz CT molecular complexity index is 936. The lowest BCUT2D eigenvalue weighted by atomic mass is 10.1. The lowest BCUT2D eigenvalue weighted by molar-refractivity contribution is -0.151. The van der Waals surface area contributed by atoms with Crippen LogP contribution in [0.25, 0.3) is 11.0 Å². The van der Waals surface area contributed by atoms with Gasteiger partial charge in [-0.05, 0) is 24.3 Å². The van der Waals surface area contributed by atoms with E-state index in [0.29, 0.717) is 11.0 Å². The van der Waals surface area contributed by atoms with Gasteiger partial charge in [-0.25, -0.2) is 19.0 Å². The molecule has 0 saturated heterocycles. The molecule has 2 heterocycles. The summed E-state index contributed by atoms with van der Waals surface area (Å²) in [5, 5.41) is 0.459. The van der Waals surface area contributed by atoms with Crippen LogP contribution in [0.2, 0.25) is 5.02 Å². The number of aromatic nitrogens is 2. The summed E-state index contributed by atoms with van der Waals surface area (Å²) in [7, 11) is 1.11. The molecule has 128 valence electrons. The van der Waals surface area contributed by atoms with E-state index in [2.05, 4.69) is 14.7 Å². The van der Waals surface area contributed by atoms with Crippen molar-refractivity contribution in [2.24, 2.45) is 0 Å². The van der Waals surface area contributed by atoms with Gasteiger partial charge in [0.05, 0.1) is 23.3 Å². The van der Waals surface area contributed by atoms with Crippen molar-refractivity contribution in [3.05, 3.63) is 64.7 Å². The molecule has 6 nitrogen and oxygen atoms in total. The highest BCUT2D eigenvalue weighted by molar-refractivity contribution is 6.31. The van der Waals surface area contributed by atoms with E-state index in [9.17, 15) is 14.0 Å². The van der Waals surface area contributed by atoms with E-state index < -0.39 is 23.9 Å². The third-order valence-corrected chi connectivity index (χ3v) is 3.91. The molecule has 0 aliphatic rings. The Kier molecular flexibility index (Phi) is 4.67. The number of pyridine rings is 1. The highest BCUT2D eigenvalue weighted by Gasteiger charge is 2.31. The maximum Gasteiger partial charge on any atom is 0.352 e. The number of ether oxygens (including phenoxy) is 2. The highest BCUT2D eigenvalue weighted by atomic mass is 35.5. The first-order chi connectivity index (χ1) is 12.0. The lowest BCUT2D eigenvalue weighted by Crippen LogP contribution is -2.22. The molecule has 0 amide bonds. The van der Waals surface area contributed by atoms with Crippen LogP contribution in [0, 0.1) is 5.82 Å². The molecule has 0 aliphatic heterocycles. The van der Waals surface area contributed by atoms with Crippen molar-refractivity contribution in [2.45, 2.75) is 6.10 Å². The zero-order valence-electron chi connectivity index (χ0n) is 13.0.